The summed E-state index contributed by atoms with van der Waals surface area (Å²) in [4.78, 5) is 30.6. The predicted molar refractivity (Wildman–Crippen MR) is 124 cm³/mol. The SMILES string of the molecule is CC(=O)N(c1ccccc1)c1nc(C=CC(=O)Nc2cc(-c3nnco3)ccc2C)cs1. The molecule has 1 N–H and O–H groups in total. The second kappa shape index (κ2) is 9.36. The van der Waals surface area contributed by atoms with E-state index in [0.717, 1.165) is 11.3 Å². The number of hydrogen-bond donors (Lipinski definition) is 1. The van der Waals surface area contributed by atoms with Crippen molar-refractivity contribution in [2.75, 3.05) is 10.2 Å². The van der Waals surface area contributed by atoms with Gasteiger partial charge in [0.25, 0.3) is 0 Å². The molecule has 4 rings (SSSR count). The third-order valence-electron chi connectivity index (χ3n) is 4.54. The molecule has 0 unspecified atom stereocenters. The lowest BCUT2D eigenvalue weighted by Crippen LogP contribution is -2.22. The van der Waals surface area contributed by atoms with E-state index in [1.54, 1.807) is 17.5 Å². The summed E-state index contributed by atoms with van der Waals surface area (Å²) in [5, 5.41) is 12.7. The first-order valence-corrected chi connectivity index (χ1v) is 10.6. The fourth-order valence-electron chi connectivity index (χ4n) is 2.98. The van der Waals surface area contributed by atoms with Crippen LogP contribution in [0.4, 0.5) is 16.5 Å². The summed E-state index contributed by atoms with van der Waals surface area (Å²) < 4.78 is 5.21. The number of amides is 2. The lowest BCUT2D eigenvalue weighted by molar-refractivity contribution is -0.116. The van der Waals surface area contributed by atoms with Gasteiger partial charge in [-0.3, -0.25) is 14.5 Å². The number of para-hydroxylation sites is 1. The van der Waals surface area contributed by atoms with Crippen molar-refractivity contribution in [2.24, 2.45) is 0 Å². The maximum atomic E-state index is 12.5. The van der Waals surface area contributed by atoms with Crippen LogP contribution >= 0.6 is 11.3 Å². The minimum absolute atomic E-state index is 0.143. The van der Waals surface area contributed by atoms with Crippen molar-refractivity contribution >= 4 is 45.7 Å². The number of anilines is 3. The van der Waals surface area contributed by atoms with E-state index in [9.17, 15) is 9.59 Å². The molecule has 2 aromatic carbocycles. The summed E-state index contributed by atoms with van der Waals surface area (Å²) in [6.07, 6.45) is 4.26. The molecule has 2 amide bonds. The third kappa shape index (κ3) is 4.79. The molecule has 4 aromatic rings. The van der Waals surface area contributed by atoms with Gasteiger partial charge >= 0.3 is 0 Å². The number of carbonyl (C=O) groups is 2. The predicted octanol–water partition coefficient (Wildman–Crippen LogP) is 4.84. The number of rotatable bonds is 6. The molecule has 0 radical (unpaired) electrons. The Bertz CT molecular complexity index is 1270. The van der Waals surface area contributed by atoms with Crippen molar-refractivity contribution in [1.82, 2.24) is 15.2 Å². The lowest BCUT2D eigenvalue weighted by Gasteiger charge is -2.17. The van der Waals surface area contributed by atoms with Crippen molar-refractivity contribution in [1.29, 1.82) is 0 Å². The minimum Gasteiger partial charge on any atom is -0.423 e. The monoisotopic (exact) mass is 445 g/mol. The van der Waals surface area contributed by atoms with E-state index in [0.29, 0.717) is 28.0 Å². The van der Waals surface area contributed by atoms with Crippen molar-refractivity contribution in [3.8, 4) is 11.5 Å². The van der Waals surface area contributed by atoms with E-state index in [1.165, 1.54) is 35.6 Å². The highest BCUT2D eigenvalue weighted by Crippen LogP contribution is 2.29. The number of benzene rings is 2. The molecular weight excluding hydrogens is 426 g/mol. The Kier molecular flexibility index (Phi) is 6.18. The van der Waals surface area contributed by atoms with Crippen LogP contribution in [-0.4, -0.2) is 27.0 Å². The number of aryl methyl sites for hydroxylation is 1. The Morgan fingerprint density at radius 1 is 1.16 bits per heavy atom. The molecular formula is C23H19N5O3S. The molecule has 0 aliphatic heterocycles. The highest BCUT2D eigenvalue weighted by molar-refractivity contribution is 7.14. The molecule has 0 bridgehead atoms. The van der Waals surface area contributed by atoms with Gasteiger partial charge in [0.1, 0.15) is 0 Å². The van der Waals surface area contributed by atoms with Crippen LogP contribution in [0.25, 0.3) is 17.5 Å². The van der Waals surface area contributed by atoms with E-state index in [-0.39, 0.29) is 11.8 Å². The summed E-state index contributed by atoms with van der Waals surface area (Å²) in [6.45, 7) is 3.38. The van der Waals surface area contributed by atoms with Crippen LogP contribution in [-0.2, 0) is 9.59 Å². The summed E-state index contributed by atoms with van der Waals surface area (Å²) in [5.74, 6) is -0.0771. The molecule has 2 heterocycles. The topological polar surface area (TPSA) is 101 Å². The molecule has 0 saturated heterocycles. The van der Waals surface area contributed by atoms with Crippen LogP contribution in [0.3, 0.4) is 0 Å². The summed E-state index contributed by atoms with van der Waals surface area (Å²) in [6, 6.07) is 14.8. The Hall–Kier alpha value is -4.11. The quantitative estimate of drug-likeness (QED) is 0.426. The maximum Gasteiger partial charge on any atom is 0.248 e. The first kappa shape index (κ1) is 21.1. The van der Waals surface area contributed by atoms with Crippen LogP contribution in [0.1, 0.15) is 18.2 Å². The normalized spacial score (nSPS) is 10.9. The zero-order valence-electron chi connectivity index (χ0n) is 17.4. The number of nitrogens with one attached hydrogen (secondary N) is 1. The summed E-state index contributed by atoms with van der Waals surface area (Å²) in [5.41, 5.74) is 3.56. The van der Waals surface area contributed by atoms with Crippen molar-refractivity contribution in [2.45, 2.75) is 13.8 Å². The van der Waals surface area contributed by atoms with E-state index in [4.69, 9.17) is 4.42 Å². The Balaban J connectivity index is 1.48. The molecule has 0 spiro atoms. The smallest absolute Gasteiger partial charge is 0.248 e. The standard InChI is InChI=1S/C23H19N5O3S/c1-15-8-9-17(22-27-24-14-31-22)12-20(15)26-21(30)11-10-18-13-32-23(25-18)28(16(2)29)19-6-4-3-5-7-19/h3-14H,1-2H3,(H,26,30). The number of thiazole rings is 1. The second-order valence-corrected chi connectivity index (χ2v) is 7.68. The Labute approximate surface area is 188 Å². The van der Waals surface area contributed by atoms with Crippen LogP contribution in [0.15, 0.2) is 70.8 Å². The van der Waals surface area contributed by atoms with Gasteiger partial charge in [-0.25, -0.2) is 4.98 Å². The molecule has 2 aromatic heterocycles. The minimum atomic E-state index is -0.309. The molecule has 0 saturated carbocycles. The summed E-state index contributed by atoms with van der Waals surface area (Å²) >= 11 is 1.33. The van der Waals surface area contributed by atoms with E-state index >= 15 is 0 Å². The van der Waals surface area contributed by atoms with E-state index in [2.05, 4.69) is 20.5 Å². The van der Waals surface area contributed by atoms with Gasteiger partial charge in [-0.15, -0.1) is 21.5 Å². The largest absolute Gasteiger partial charge is 0.423 e. The highest BCUT2D eigenvalue weighted by atomic mass is 32.1. The first-order chi connectivity index (χ1) is 15.5. The van der Waals surface area contributed by atoms with Crippen LogP contribution in [0.5, 0.6) is 0 Å². The molecule has 0 aliphatic rings. The van der Waals surface area contributed by atoms with Gasteiger partial charge in [-0.05, 0) is 42.8 Å². The van der Waals surface area contributed by atoms with Crippen molar-refractivity contribution < 1.29 is 14.0 Å². The van der Waals surface area contributed by atoms with Gasteiger partial charge in [0.2, 0.25) is 24.1 Å². The van der Waals surface area contributed by atoms with Gasteiger partial charge < -0.3 is 9.73 Å². The Morgan fingerprint density at radius 2 is 1.97 bits per heavy atom. The van der Waals surface area contributed by atoms with Gasteiger partial charge in [0.15, 0.2) is 5.13 Å². The highest BCUT2D eigenvalue weighted by Gasteiger charge is 2.17. The number of nitrogens with zero attached hydrogens (tertiary/aromatic N) is 4. The average molecular weight is 446 g/mol. The number of aromatic nitrogens is 3. The molecule has 0 aliphatic carbocycles. The van der Waals surface area contributed by atoms with Gasteiger partial charge in [-0.1, -0.05) is 24.3 Å². The fourth-order valence-corrected chi connectivity index (χ4v) is 3.84. The molecule has 32 heavy (non-hydrogen) atoms. The van der Waals surface area contributed by atoms with E-state index < -0.39 is 0 Å². The van der Waals surface area contributed by atoms with Crippen LogP contribution in [0, 0.1) is 6.92 Å². The molecule has 0 atom stereocenters. The van der Waals surface area contributed by atoms with Crippen molar-refractivity contribution in [3.63, 3.8) is 0 Å². The zero-order chi connectivity index (χ0) is 22.5. The molecule has 9 heteroatoms. The number of hydrogen-bond acceptors (Lipinski definition) is 7. The van der Waals surface area contributed by atoms with Gasteiger partial charge in [0, 0.05) is 29.6 Å². The summed E-state index contributed by atoms with van der Waals surface area (Å²) in [7, 11) is 0. The first-order valence-electron chi connectivity index (χ1n) is 9.69. The van der Waals surface area contributed by atoms with E-state index in [1.807, 2.05) is 49.4 Å². The van der Waals surface area contributed by atoms with Gasteiger partial charge in [-0.2, -0.15) is 0 Å². The van der Waals surface area contributed by atoms with Gasteiger partial charge in [0.05, 0.1) is 11.4 Å². The maximum absolute atomic E-state index is 12.5. The van der Waals surface area contributed by atoms with Crippen molar-refractivity contribution in [3.05, 3.63) is 77.6 Å². The third-order valence-corrected chi connectivity index (χ3v) is 5.38. The Morgan fingerprint density at radius 3 is 2.69 bits per heavy atom. The molecule has 160 valence electrons. The number of carbonyl (C=O) groups excluding carboxylic acids is 2. The fraction of sp³-hybridized carbons (Fsp3) is 0.0870. The second-order valence-electron chi connectivity index (χ2n) is 6.84. The van der Waals surface area contributed by atoms with Crippen LogP contribution in [0.2, 0.25) is 0 Å². The molecule has 0 fully saturated rings. The molecule has 8 nitrogen and oxygen atoms in total. The average Bonchev–Trinajstić information content (AvgIpc) is 3.47. The zero-order valence-corrected chi connectivity index (χ0v) is 18.2. The van der Waals surface area contributed by atoms with Crippen LogP contribution < -0.4 is 10.2 Å². The lowest BCUT2D eigenvalue weighted by atomic mass is 10.1.